The number of ether oxygens (including phenoxy) is 1. The number of benzene rings is 1. The molecular formula is C12H11F2N3O3S. The lowest BCUT2D eigenvalue weighted by Gasteiger charge is -2.06. The van der Waals surface area contributed by atoms with Crippen LogP contribution < -0.4 is 4.74 Å². The molecule has 0 aliphatic carbocycles. The number of ketones is 1. The number of hydrogen-bond acceptors (Lipinski definition) is 5. The minimum absolute atomic E-state index is 0.0267. The average molecular weight is 315 g/mol. The Balaban J connectivity index is 2.10. The molecule has 0 fully saturated rings. The number of hydrogen-bond donors (Lipinski definition) is 0. The summed E-state index contributed by atoms with van der Waals surface area (Å²) in [5.74, 6) is -0.314. The van der Waals surface area contributed by atoms with Gasteiger partial charge in [-0.25, -0.2) is 0 Å². The van der Waals surface area contributed by atoms with Gasteiger partial charge in [0.05, 0.1) is 17.3 Å². The van der Waals surface area contributed by atoms with Crippen molar-refractivity contribution in [2.45, 2.75) is 18.3 Å². The Kier molecular flexibility index (Phi) is 4.73. The van der Waals surface area contributed by atoms with E-state index in [9.17, 15) is 17.8 Å². The lowest BCUT2D eigenvalue weighted by Crippen LogP contribution is -2.13. The molecule has 0 aliphatic rings. The molecule has 9 heteroatoms. The van der Waals surface area contributed by atoms with Crippen LogP contribution in [-0.4, -0.2) is 37.6 Å². The van der Waals surface area contributed by atoms with E-state index in [1.807, 2.05) is 0 Å². The Hall–Kier alpha value is -2.16. The van der Waals surface area contributed by atoms with Crippen molar-refractivity contribution in [3.63, 3.8) is 0 Å². The van der Waals surface area contributed by atoms with Gasteiger partial charge in [0.1, 0.15) is 12.1 Å². The molecule has 112 valence electrons. The van der Waals surface area contributed by atoms with E-state index in [0.29, 0.717) is 5.56 Å². The van der Waals surface area contributed by atoms with Gasteiger partial charge in [0.15, 0.2) is 5.78 Å². The zero-order valence-electron chi connectivity index (χ0n) is 10.9. The molecule has 6 nitrogen and oxygen atoms in total. The fourth-order valence-corrected chi connectivity index (χ4v) is 2.25. The standard InChI is InChI=1S/C12H11F2N3O3S/c1-21(19)12-16-15-7-17(12)6-10(18)8-2-4-9(5-3-8)20-11(13)14/h2-5,7,11H,6H2,1H3/t21-/m0/s1. The average Bonchev–Trinajstić information content (AvgIpc) is 2.87. The molecule has 1 aromatic carbocycles. The first-order valence-electron chi connectivity index (χ1n) is 5.76. The van der Waals surface area contributed by atoms with Gasteiger partial charge in [-0.3, -0.25) is 13.6 Å². The molecule has 0 radical (unpaired) electrons. The molecule has 0 saturated heterocycles. The molecule has 0 N–H and O–H groups in total. The third-order valence-electron chi connectivity index (χ3n) is 2.55. The van der Waals surface area contributed by atoms with Crippen molar-refractivity contribution in [3.8, 4) is 5.75 Å². The van der Waals surface area contributed by atoms with Gasteiger partial charge >= 0.3 is 6.61 Å². The number of aromatic nitrogens is 3. The van der Waals surface area contributed by atoms with Gasteiger partial charge in [0, 0.05) is 11.8 Å². The second-order valence-electron chi connectivity index (χ2n) is 4.02. The van der Waals surface area contributed by atoms with E-state index >= 15 is 0 Å². The van der Waals surface area contributed by atoms with E-state index in [2.05, 4.69) is 14.9 Å². The van der Waals surface area contributed by atoms with Crippen molar-refractivity contribution in [2.24, 2.45) is 0 Å². The van der Waals surface area contributed by atoms with E-state index in [0.717, 1.165) is 0 Å². The first kappa shape index (κ1) is 15.2. The molecule has 0 aliphatic heterocycles. The van der Waals surface area contributed by atoms with Crippen molar-refractivity contribution < 1.29 is 22.5 Å². The summed E-state index contributed by atoms with van der Waals surface area (Å²) in [6, 6.07) is 5.33. The van der Waals surface area contributed by atoms with Gasteiger partial charge in [-0.15, -0.1) is 10.2 Å². The van der Waals surface area contributed by atoms with Crippen LogP contribution in [0.25, 0.3) is 0 Å². The largest absolute Gasteiger partial charge is 0.435 e. The molecule has 1 heterocycles. The minimum Gasteiger partial charge on any atom is -0.435 e. The van der Waals surface area contributed by atoms with Crippen LogP contribution in [0, 0.1) is 0 Å². The van der Waals surface area contributed by atoms with E-state index in [-0.39, 0.29) is 23.2 Å². The molecular weight excluding hydrogens is 304 g/mol. The predicted octanol–water partition coefficient (Wildman–Crippen LogP) is 1.50. The summed E-state index contributed by atoms with van der Waals surface area (Å²) in [6.45, 7) is -3.00. The SMILES string of the molecule is C[S@](=O)c1nncn1CC(=O)c1ccc(OC(F)F)cc1. The summed E-state index contributed by atoms with van der Waals surface area (Å²) < 4.78 is 41.0. The maximum absolute atomic E-state index is 12.1. The van der Waals surface area contributed by atoms with Crippen LogP contribution in [0.4, 0.5) is 8.78 Å². The number of nitrogens with zero attached hydrogens (tertiary/aromatic N) is 3. The normalized spacial score (nSPS) is 12.4. The van der Waals surface area contributed by atoms with Crippen LogP contribution in [-0.2, 0) is 17.3 Å². The molecule has 0 amide bonds. The fraction of sp³-hybridized carbons (Fsp3) is 0.250. The van der Waals surface area contributed by atoms with Gasteiger partial charge in [0.25, 0.3) is 0 Å². The second-order valence-corrected chi connectivity index (χ2v) is 5.29. The highest BCUT2D eigenvalue weighted by molar-refractivity contribution is 7.84. The summed E-state index contributed by atoms with van der Waals surface area (Å²) in [7, 11) is -1.36. The van der Waals surface area contributed by atoms with E-state index in [1.165, 1.54) is 41.4 Å². The maximum Gasteiger partial charge on any atom is 0.387 e. The van der Waals surface area contributed by atoms with Crippen LogP contribution >= 0.6 is 0 Å². The lowest BCUT2D eigenvalue weighted by molar-refractivity contribution is -0.0498. The molecule has 0 unspecified atom stereocenters. The first-order valence-corrected chi connectivity index (χ1v) is 7.32. The van der Waals surface area contributed by atoms with Crippen LogP contribution in [0.5, 0.6) is 5.75 Å². The zero-order chi connectivity index (χ0) is 15.4. The zero-order valence-corrected chi connectivity index (χ0v) is 11.7. The molecule has 2 rings (SSSR count). The molecule has 1 atom stereocenters. The number of carbonyl (C=O) groups is 1. The number of Topliss-reactive ketones (excluding diaryl/α,β-unsaturated/α-hetero) is 1. The molecule has 0 saturated carbocycles. The first-order chi connectivity index (χ1) is 9.97. The van der Waals surface area contributed by atoms with Crippen molar-refractivity contribution in [1.82, 2.24) is 14.8 Å². The smallest absolute Gasteiger partial charge is 0.387 e. The Morgan fingerprint density at radius 2 is 2.05 bits per heavy atom. The topological polar surface area (TPSA) is 74.1 Å². The lowest BCUT2D eigenvalue weighted by atomic mass is 10.1. The van der Waals surface area contributed by atoms with Crippen molar-refractivity contribution >= 4 is 16.6 Å². The second kappa shape index (κ2) is 6.53. The summed E-state index contributed by atoms with van der Waals surface area (Å²) in [5, 5.41) is 7.46. The van der Waals surface area contributed by atoms with Gasteiger partial charge in [-0.1, -0.05) is 0 Å². The molecule has 21 heavy (non-hydrogen) atoms. The summed E-state index contributed by atoms with van der Waals surface area (Å²) in [4.78, 5) is 12.1. The Morgan fingerprint density at radius 3 is 2.62 bits per heavy atom. The summed E-state index contributed by atoms with van der Waals surface area (Å²) in [5.41, 5.74) is 0.318. The maximum atomic E-state index is 12.1. The third kappa shape index (κ3) is 3.91. The van der Waals surface area contributed by atoms with Crippen LogP contribution in [0.15, 0.2) is 35.7 Å². The van der Waals surface area contributed by atoms with Crippen LogP contribution in [0.2, 0.25) is 0 Å². The van der Waals surface area contributed by atoms with E-state index in [4.69, 9.17) is 0 Å². The Morgan fingerprint density at radius 1 is 1.38 bits per heavy atom. The van der Waals surface area contributed by atoms with Crippen molar-refractivity contribution in [2.75, 3.05) is 6.26 Å². The number of alkyl halides is 2. The quantitative estimate of drug-likeness (QED) is 0.755. The summed E-state index contributed by atoms with van der Waals surface area (Å²) in [6.07, 6.45) is 2.74. The van der Waals surface area contributed by atoms with Crippen molar-refractivity contribution in [3.05, 3.63) is 36.2 Å². The van der Waals surface area contributed by atoms with Gasteiger partial charge in [-0.2, -0.15) is 8.78 Å². The minimum atomic E-state index is -2.91. The fourth-order valence-electron chi connectivity index (χ4n) is 1.64. The number of halogens is 2. The summed E-state index contributed by atoms with van der Waals surface area (Å²) >= 11 is 0. The van der Waals surface area contributed by atoms with E-state index in [1.54, 1.807) is 0 Å². The monoisotopic (exact) mass is 315 g/mol. The highest BCUT2D eigenvalue weighted by Crippen LogP contribution is 2.15. The van der Waals surface area contributed by atoms with Gasteiger partial charge < -0.3 is 4.74 Å². The van der Waals surface area contributed by atoms with E-state index < -0.39 is 17.4 Å². The Bertz CT molecular complexity index is 658. The molecule has 2 aromatic rings. The third-order valence-corrected chi connectivity index (χ3v) is 3.38. The van der Waals surface area contributed by atoms with Gasteiger partial charge in [0.2, 0.25) is 5.16 Å². The van der Waals surface area contributed by atoms with Crippen LogP contribution in [0.3, 0.4) is 0 Å². The molecule has 0 spiro atoms. The predicted molar refractivity (Wildman–Crippen MR) is 69.8 cm³/mol. The van der Waals surface area contributed by atoms with Gasteiger partial charge in [-0.05, 0) is 24.3 Å². The number of rotatable bonds is 6. The Labute approximate surface area is 121 Å². The number of carbonyl (C=O) groups excluding carboxylic acids is 1. The molecule has 1 aromatic heterocycles. The highest BCUT2D eigenvalue weighted by atomic mass is 32.2. The van der Waals surface area contributed by atoms with Crippen LogP contribution in [0.1, 0.15) is 10.4 Å². The highest BCUT2D eigenvalue weighted by Gasteiger charge is 2.13. The molecule has 0 bridgehead atoms. The van der Waals surface area contributed by atoms with Crippen molar-refractivity contribution in [1.29, 1.82) is 0 Å².